The Morgan fingerprint density at radius 1 is 1.09 bits per heavy atom. The molecule has 2 aliphatic rings. The van der Waals surface area contributed by atoms with Crippen LogP contribution >= 0.6 is 0 Å². The summed E-state index contributed by atoms with van der Waals surface area (Å²) < 4.78 is 0. The van der Waals surface area contributed by atoms with Crippen LogP contribution in [0.25, 0.3) is 0 Å². The summed E-state index contributed by atoms with van der Waals surface area (Å²) in [5.74, 6) is 0. The van der Waals surface area contributed by atoms with Gasteiger partial charge in [-0.05, 0) is 62.6 Å². The van der Waals surface area contributed by atoms with Crippen LogP contribution in [0.4, 0.5) is 5.69 Å². The van der Waals surface area contributed by atoms with Crippen molar-refractivity contribution in [3.8, 4) is 0 Å². The molecule has 22 heavy (non-hydrogen) atoms. The minimum absolute atomic E-state index is 0.126. The van der Waals surface area contributed by atoms with Gasteiger partial charge >= 0.3 is 0 Å². The Hall–Kier alpha value is -2.22. The van der Waals surface area contributed by atoms with Gasteiger partial charge in [-0.15, -0.1) is 0 Å². The Morgan fingerprint density at radius 3 is 2.50 bits per heavy atom. The largest absolute Gasteiger partial charge is 0.274 e. The quantitative estimate of drug-likeness (QED) is 0.668. The maximum atomic E-state index is 4.93. The monoisotopic (exact) mass is 290 g/mol. The topological polar surface area (TPSA) is 24.7 Å². The molecule has 0 bridgehead atoms. The summed E-state index contributed by atoms with van der Waals surface area (Å²) in [5.41, 5.74) is 6.78. The van der Waals surface area contributed by atoms with E-state index in [0.29, 0.717) is 0 Å². The summed E-state index contributed by atoms with van der Waals surface area (Å²) in [6.07, 6.45) is 7.53. The fourth-order valence-corrected chi connectivity index (χ4v) is 3.02. The van der Waals surface area contributed by atoms with E-state index in [0.717, 1.165) is 23.5 Å². The molecule has 0 atom stereocenters. The number of dihydropyridines is 1. The Labute approximate surface area is 132 Å². The normalized spacial score (nSPS) is 21.5. The average Bonchev–Trinajstić information content (AvgIpc) is 2.47. The lowest BCUT2D eigenvalue weighted by molar-refractivity contribution is 0.647. The Bertz CT molecular complexity index is 741. The highest BCUT2D eigenvalue weighted by molar-refractivity contribution is 6.26. The zero-order valence-electron chi connectivity index (χ0n) is 13.7. The van der Waals surface area contributed by atoms with E-state index in [1.54, 1.807) is 0 Å². The van der Waals surface area contributed by atoms with Crippen molar-refractivity contribution in [2.75, 3.05) is 0 Å². The van der Waals surface area contributed by atoms with E-state index in [1.165, 1.54) is 16.7 Å². The van der Waals surface area contributed by atoms with Crippen molar-refractivity contribution >= 4 is 17.1 Å². The van der Waals surface area contributed by atoms with E-state index in [-0.39, 0.29) is 5.54 Å². The van der Waals surface area contributed by atoms with E-state index >= 15 is 0 Å². The Morgan fingerprint density at radius 2 is 1.82 bits per heavy atom. The summed E-state index contributed by atoms with van der Waals surface area (Å²) in [6, 6.07) is 10.1. The number of aliphatic imine (C=N–C) groups is 2. The second-order valence-electron chi connectivity index (χ2n) is 6.39. The number of nitrogens with zero attached hydrogens (tertiary/aromatic N) is 2. The van der Waals surface area contributed by atoms with Gasteiger partial charge in [0.25, 0.3) is 0 Å². The van der Waals surface area contributed by atoms with Crippen molar-refractivity contribution in [1.82, 2.24) is 0 Å². The van der Waals surface area contributed by atoms with Crippen LogP contribution in [-0.4, -0.2) is 17.0 Å². The first-order valence-corrected chi connectivity index (χ1v) is 7.85. The standard InChI is InChI=1S/C20H22N2/c1-5-15-11-17(21-16-9-7-6-8-10-16)12-18-14(2)13-20(3,4)22-19(15)18/h6-13H,5H2,1-4H3. The van der Waals surface area contributed by atoms with Gasteiger partial charge in [0, 0.05) is 5.57 Å². The van der Waals surface area contributed by atoms with Crippen LogP contribution in [0.2, 0.25) is 0 Å². The second-order valence-corrected chi connectivity index (χ2v) is 6.39. The van der Waals surface area contributed by atoms with Crippen molar-refractivity contribution in [1.29, 1.82) is 0 Å². The molecule has 0 amide bonds. The lowest BCUT2D eigenvalue weighted by Gasteiger charge is -2.29. The van der Waals surface area contributed by atoms with Crippen LogP contribution < -0.4 is 0 Å². The number of hydrogen-bond donors (Lipinski definition) is 0. The van der Waals surface area contributed by atoms with Crippen molar-refractivity contribution in [3.05, 3.63) is 65.3 Å². The molecule has 1 aromatic carbocycles. The van der Waals surface area contributed by atoms with E-state index in [1.807, 2.05) is 30.3 Å². The van der Waals surface area contributed by atoms with Crippen molar-refractivity contribution in [2.45, 2.75) is 39.7 Å². The molecule has 2 nitrogen and oxygen atoms in total. The zero-order chi connectivity index (χ0) is 15.7. The summed E-state index contributed by atoms with van der Waals surface area (Å²) in [6.45, 7) is 8.65. The predicted molar refractivity (Wildman–Crippen MR) is 95.3 cm³/mol. The van der Waals surface area contributed by atoms with Crippen LogP contribution in [0.1, 0.15) is 34.1 Å². The van der Waals surface area contributed by atoms with Gasteiger partial charge in [0.05, 0.1) is 22.6 Å². The fraction of sp³-hybridized carbons (Fsp3) is 0.300. The SMILES string of the molecule is CCC1=CC(=Nc2ccccc2)C=C2C(C)=CC(C)(C)N=C12. The zero-order valence-corrected chi connectivity index (χ0v) is 13.7. The van der Waals surface area contributed by atoms with Gasteiger partial charge in [-0.3, -0.25) is 4.99 Å². The van der Waals surface area contributed by atoms with Gasteiger partial charge in [-0.25, -0.2) is 4.99 Å². The smallest absolute Gasteiger partial charge is 0.0744 e. The van der Waals surface area contributed by atoms with Crippen LogP contribution in [0, 0.1) is 0 Å². The first-order chi connectivity index (χ1) is 10.5. The molecule has 0 radical (unpaired) electrons. The van der Waals surface area contributed by atoms with E-state index < -0.39 is 0 Å². The van der Waals surface area contributed by atoms with E-state index in [2.05, 4.69) is 45.9 Å². The lowest BCUT2D eigenvalue weighted by Crippen LogP contribution is -2.27. The molecular formula is C20H22N2. The molecular weight excluding hydrogens is 268 g/mol. The van der Waals surface area contributed by atoms with Gasteiger partial charge in [0.15, 0.2) is 0 Å². The van der Waals surface area contributed by atoms with Gasteiger partial charge < -0.3 is 0 Å². The molecule has 0 aromatic heterocycles. The minimum atomic E-state index is -0.126. The first kappa shape index (κ1) is 14.7. The average molecular weight is 290 g/mol. The molecule has 3 rings (SSSR count). The maximum absolute atomic E-state index is 4.93. The van der Waals surface area contributed by atoms with Gasteiger partial charge in [0.2, 0.25) is 0 Å². The molecule has 0 fully saturated rings. The molecule has 1 aromatic rings. The number of benzene rings is 1. The van der Waals surface area contributed by atoms with Crippen LogP contribution in [0.3, 0.4) is 0 Å². The highest BCUT2D eigenvalue weighted by Crippen LogP contribution is 2.32. The number of allylic oxidation sites excluding steroid dienone is 5. The number of hydrogen-bond acceptors (Lipinski definition) is 2. The van der Waals surface area contributed by atoms with E-state index in [9.17, 15) is 0 Å². The van der Waals surface area contributed by atoms with Crippen LogP contribution in [-0.2, 0) is 0 Å². The summed E-state index contributed by atoms with van der Waals surface area (Å²) in [5, 5.41) is 0. The molecule has 112 valence electrons. The van der Waals surface area contributed by atoms with Gasteiger partial charge in [-0.1, -0.05) is 31.2 Å². The van der Waals surface area contributed by atoms with E-state index in [4.69, 9.17) is 9.98 Å². The second kappa shape index (κ2) is 5.53. The maximum Gasteiger partial charge on any atom is 0.0744 e. The molecule has 1 aliphatic heterocycles. The molecule has 0 N–H and O–H groups in total. The third kappa shape index (κ3) is 2.87. The van der Waals surface area contributed by atoms with Gasteiger partial charge in [0.1, 0.15) is 0 Å². The highest BCUT2D eigenvalue weighted by Gasteiger charge is 2.27. The summed E-state index contributed by atoms with van der Waals surface area (Å²) >= 11 is 0. The summed E-state index contributed by atoms with van der Waals surface area (Å²) in [4.78, 5) is 9.69. The lowest BCUT2D eigenvalue weighted by atomic mass is 9.83. The third-order valence-corrected chi connectivity index (χ3v) is 3.96. The van der Waals surface area contributed by atoms with Gasteiger partial charge in [-0.2, -0.15) is 0 Å². The van der Waals surface area contributed by atoms with Crippen molar-refractivity contribution < 1.29 is 0 Å². The summed E-state index contributed by atoms with van der Waals surface area (Å²) in [7, 11) is 0. The third-order valence-electron chi connectivity index (χ3n) is 3.96. The first-order valence-electron chi connectivity index (χ1n) is 7.85. The van der Waals surface area contributed by atoms with Crippen LogP contribution in [0.15, 0.2) is 75.3 Å². The molecule has 1 heterocycles. The predicted octanol–water partition coefficient (Wildman–Crippen LogP) is 5.22. The fourth-order valence-electron chi connectivity index (χ4n) is 3.02. The molecule has 1 aliphatic carbocycles. The molecule has 0 unspecified atom stereocenters. The molecule has 0 saturated heterocycles. The minimum Gasteiger partial charge on any atom is -0.274 e. The number of rotatable bonds is 2. The number of fused-ring (bicyclic) bond motifs is 1. The molecule has 0 spiro atoms. The van der Waals surface area contributed by atoms with Crippen molar-refractivity contribution in [3.63, 3.8) is 0 Å². The Kier molecular flexibility index (Phi) is 3.69. The Balaban J connectivity index is 2.08. The number of para-hydroxylation sites is 1. The molecule has 0 saturated carbocycles. The van der Waals surface area contributed by atoms with Crippen LogP contribution in [0.5, 0.6) is 0 Å². The molecule has 2 heteroatoms. The van der Waals surface area contributed by atoms with Crippen molar-refractivity contribution in [2.24, 2.45) is 9.98 Å². The highest BCUT2D eigenvalue weighted by atomic mass is 14.9.